The molecule has 1 atom stereocenters. The molecule has 2 aromatic heterocycles. The summed E-state index contributed by atoms with van der Waals surface area (Å²) in [5, 5.41) is 6.56. The topological polar surface area (TPSA) is 34.0 Å². The number of thiophene rings is 1. The van der Waals surface area contributed by atoms with Gasteiger partial charge in [-0.05, 0) is 53.6 Å². The van der Waals surface area contributed by atoms with Gasteiger partial charge in [0.2, 0.25) is 5.91 Å². The predicted octanol–water partition coefficient (Wildman–Crippen LogP) is 6.86. The summed E-state index contributed by atoms with van der Waals surface area (Å²) in [5.41, 5.74) is 3.35. The Morgan fingerprint density at radius 3 is 2.58 bits per heavy atom. The van der Waals surface area contributed by atoms with Gasteiger partial charge in [-0.15, -0.1) is 11.3 Å². The number of aromatic nitrogens is 1. The van der Waals surface area contributed by atoms with Gasteiger partial charge in [0, 0.05) is 46.9 Å². The molecule has 5 heteroatoms. The molecule has 1 aliphatic rings. The maximum Gasteiger partial charge on any atom is 0.221 e. The molecular formula is C28H29FN2OS. The van der Waals surface area contributed by atoms with E-state index < -0.39 is 0 Å². The standard InChI is InChI=1S/C28H29FN2OS/c29-21-14-12-20(13-15-21)18-31-19-25(23-9-4-5-10-26(23)31)24(27-11-6-16-33-27)17-28(32)30-22-7-2-1-3-8-22/h4-6,9-16,19,22,24H,1-3,7-8,17-18H2,(H,30,32)/t24-/m1/s1. The van der Waals surface area contributed by atoms with E-state index in [1.807, 2.05) is 18.2 Å². The molecule has 1 saturated carbocycles. The number of amides is 1. The fourth-order valence-corrected chi connectivity index (χ4v) is 5.89. The Balaban J connectivity index is 1.47. The second-order valence-electron chi connectivity index (χ2n) is 9.03. The number of halogens is 1. The third-order valence-electron chi connectivity index (χ3n) is 6.71. The average Bonchev–Trinajstić information content (AvgIpc) is 3.49. The summed E-state index contributed by atoms with van der Waals surface area (Å²) in [7, 11) is 0. The fourth-order valence-electron chi connectivity index (χ4n) is 5.04. The van der Waals surface area contributed by atoms with Gasteiger partial charge in [-0.2, -0.15) is 0 Å². The van der Waals surface area contributed by atoms with Crippen molar-refractivity contribution >= 4 is 28.1 Å². The van der Waals surface area contributed by atoms with Crippen LogP contribution in [0.1, 0.15) is 60.4 Å². The van der Waals surface area contributed by atoms with E-state index in [0.29, 0.717) is 19.0 Å². The lowest BCUT2D eigenvalue weighted by Gasteiger charge is -2.24. The number of nitrogens with zero attached hydrogens (tertiary/aromatic N) is 1. The number of carbonyl (C=O) groups is 1. The molecule has 5 rings (SSSR count). The third-order valence-corrected chi connectivity index (χ3v) is 7.69. The van der Waals surface area contributed by atoms with Crippen LogP contribution in [0.3, 0.4) is 0 Å². The molecule has 0 saturated heterocycles. The molecule has 1 N–H and O–H groups in total. The minimum absolute atomic E-state index is 0.00737. The minimum Gasteiger partial charge on any atom is -0.353 e. The van der Waals surface area contributed by atoms with Crippen LogP contribution >= 0.6 is 11.3 Å². The Morgan fingerprint density at radius 1 is 1.03 bits per heavy atom. The van der Waals surface area contributed by atoms with E-state index >= 15 is 0 Å². The summed E-state index contributed by atoms with van der Waals surface area (Å²) in [6.45, 7) is 0.659. The van der Waals surface area contributed by atoms with E-state index in [1.165, 1.54) is 47.2 Å². The summed E-state index contributed by atoms with van der Waals surface area (Å²) in [6.07, 6.45) is 8.50. The molecule has 0 unspecified atom stereocenters. The largest absolute Gasteiger partial charge is 0.353 e. The summed E-state index contributed by atoms with van der Waals surface area (Å²) in [5.74, 6) is -0.0813. The van der Waals surface area contributed by atoms with Gasteiger partial charge in [0.1, 0.15) is 5.82 Å². The fraction of sp³-hybridized carbons (Fsp3) is 0.321. The summed E-state index contributed by atoms with van der Waals surface area (Å²) in [6, 6.07) is 19.6. The van der Waals surface area contributed by atoms with Crippen LogP contribution in [0, 0.1) is 5.82 Å². The van der Waals surface area contributed by atoms with E-state index in [0.717, 1.165) is 23.9 Å². The van der Waals surface area contributed by atoms with Crippen LogP contribution in [-0.2, 0) is 11.3 Å². The normalized spacial score (nSPS) is 15.5. The molecule has 3 nitrogen and oxygen atoms in total. The first-order valence-corrected chi connectivity index (χ1v) is 12.7. The van der Waals surface area contributed by atoms with E-state index in [4.69, 9.17) is 0 Å². The van der Waals surface area contributed by atoms with Crippen LogP contribution in [-0.4, -0.2) is 16.5 Å². The number of hydrogen-bond donors (Lipinski definition) is 1. The van der Waals surface area contributed by atoms with Crippen molar-refractivity contribution in [2.24, 2.45) is 0 Å². The zero-order valence-corrected chi connectivity index (χ0v) is 19.5. The summed E-state index contributed by atoms with van der Waals surface area (Å²) in [4.78, 5) is 14.3. The molecule has 0 radical (unpaired) electrons. The number of nitrogens with one attached hydrogen (secondary N) is 1. The van der Waals surface area contributed by atoms with Gasteiger partial charge in [0.15, 0.2) is 0 Å². The monoisotopic (exact) mass is 460 g/mol. The second kappa shape index (κ2) is 9.92. The van der Waals surface area contributed by atoms with Crippen molar-refractivity contribution in [2.45, 2.75) is 57.0 Å². The quantitative estimate of drug-likeness (QED) is 0.321. The molecule has 1 aliphatic carbocycles. The molecule has 2 aromatic carbocycles. The zero-order valence-electron chi connectivity index (χ0n) is 18.7. The summed E-state index contributed by atoms with van der Waals surface area (Å²) >= 11 is 1.71. The van der Waals surface area contributed by atoms with Crippen LogP contribution in [0.5, 0.6) is 0 Å². The molecule has 1 amide bonds. The highest BCUT2D eigenvalue weighted by molar-refractivity contribution is 7.10. The van der Waals surface area contributed by atoms with Crippen molar-refractivity contribution in [3.63, 3.8) is 0 Å². The number of benzene rings is 2. The average molecular weight is 461 g/mol. The van der Waals surface area contributed by atoms with Gasteiger partial charge in [-0.3, -0.25) is 4.79 Å². The van der Waals surface area contributed by atoms with Gasteiger partial charge >= 0.3 is 0 Å². The van der Waals surface area contributed by atoms with Gasteiger partial charge in [-0.25, -0.2) is 4.39 Å². The van der Waals surface area contributed by atoms with Crippen LogP contribution in [0.4, 0.5) is 4.39 Å². The Kier molecular flexibility index (Phi) is 6.58. The SMILES string of the molecule is O=C(C[C@@H](c1cccs1)c1cn(Cc2ccc(F)cc2)c2ccccc12)NC1CCCCC1. The minimum atomic E-state index is -0.224. The third kappa shape index (κ3) is 5.03. The number of carbonyl (C=O) groups excluding carboxylic acids is 1. The van der Waals surface area contributed by atoms with E-state index in [9.17, 15) is 9.18 Å². The Morgan fingerprint density at radius 2 is 1.82 bits per heavy atom. The highest BCUT2D eigenvalue weighted by Crippen LogP contribution is 2.37. The number of hydrogen-bond acceptors (Lipinski definition) is 2. The molecule has 170 valence electrons. The van der Waals surface area contributed by atoms with Gasteiger partial charge in [0.25, 0.3) is 0 Å². The lowest BCUT2D eigenvalue weighted by Crippen LogP contribution is -2.36. The highest BCUT2D eigenvalue weighted by atomic mass is 32.1. The maximum absolute atomic E-state index is 13.4. The van der Waals surface area contributed by atoms with Crippen molar-refractivity contribution in [1.82, 2.24) is 9.88 Å². The van der Waals surface area contributed by atoms with Crippen molar-refractivity contribution in [1.29, 1.82) is 0 Å². The highest BCUT2D eigenvalue weighted by Gasteiger charge is 2.25. The molecule has 33 heavy (non-hydrogen) atoms. The van der Waals surface area contributed by atoms with Gasteiger partial charge in [0.05, 0.1) is 0 Å². The Hall–Kier alpha value is -2.92. The Labute approximate surface area is 198 Å². The van der Waals surface area contributed by atoms with Crippen molar-refractivity contribution in [3.05, 3.63) is 94.1 Å². The lowest BCUT2D eigenvalue weighted by molar-refractivity contribution is -0.122. The van der Waals surface area contributed by atoms with Crippen LogP contribution in [0.15, 0.2) is 72.2 Å². The number of para-hydroxylation sites is 1. The van der Waals surface area contributed by atoms with Gasteiger partial charge < -0.3 is 9.88 Å². The van der Waals surface area contributed by atoms with Crippen molar-refractivity contribution in [3.8, 4) is 0 Å². The van der Waals surface area contributed by atoms with Gasteiger partial charge in [-0.1, -0.05) is 55.7 Å². The number of rotatable bonds is 7. The van der Waals surface area contributed by atoms with E-state index in [2.05, 4.69) is 51.8 Å². The molecule has 2 heterocycles. The van der Waals surface area contributed by atoms with E-state index in [1.54, 1.807) is 11.3 Å². The maximum atomic E-state index is 13.4. The Bertz CT molecular complexity index is 1210. The smallest absolute Gasteiger partial charge is 0.221 e. The molecule has 4 aromatic rings. The van der Waals surface area contributed by atoms with E-state index in [-0.39, 0.29) is 17.6 Å². The first kappa shape index (κ1) is 21.9. The zero-order chi connectivity index (χ0) is 22.6. The molecular weight excluding hydrogens is 431 g/mol. The molecule has 0 spiro atoms. The first-order valence-electron chi connectivity index (χ1n) is 11.8. The van der Waals surface area contributed by atoms with Crippen LogP contribution in [0.25, 0.3) is 10.9 Å². The molecule has 1 fully saturated rings. The predicted molar refractivity (Wildman–Crippen MR) is 133 cm³/mol. The van der Waals surface area contributed by atoms with Crippen molar-refractivity contribution in [2.75, 3.05) is 0 Å². The van der Waals surface area contributed by atoms with Crippen LogP contribution in [0.2, 0.25) is 0 Å². The summed E-state index contributed by atoms with van der Waals surface area (Å²) < 4.78 is 15.6. The van der Waals surface area contributed by atoms with Crippen molar-refractivity contribution < 1.29 is 9.18 Å². The van der Waals surface area contributed by atoms with Crippen LogP contribution < -0.4 is 5.32 Å². The molecule has 0 aliphatic heterocycles. The lowest BCUT2D eigenvalue weighted by atomic mass is 9.92. The first-order chi connectivity index (χ1) is 16.2. The number of fused-ring (bicyclic) bond motifs is 1. The second-order valence-corrected chi connectivity index (χ2v) is 10.0. The molecule has 0 bridgehead atoms.